The number of amides is 3. The highest BCUT2D eigenvalue weighted by Gasteiger charge is 2.46. The largest absolute Gasteiger partial charge is 0.497 e. The van der Waals surface area contributed by atoms with Gasteiger partial charge in [0.1, 0.15) is 11.8 Å². The molecule has 1 saturated carbocycles. The van der Waals surface area contributed by atoms with Crippen LogP contribution in [0.25, 0.3) is 0 Å². The molecule has 3 fully saturated rings. The third kappa shape index (κ3) is 5.21. The first-order valence-corrected chi connectivity index (χ1v) is 13.2. The van der Waals surface area contributed by atoms with E-state index in [4.69, 9.17) is 4.74 Å². The van der Waals surface area contributed by atoms with Gasteiger partial charge in [-0.25, -0.2) is 0 Å². The molecule has 3 amide bonds. The van der Waals surface area contributed by atoms with Gasteiger partial charge in [0, 0.05) is 49.1 Å². The second-order valence-electron chi connectivity index (χ2n) is 9.49. The predicted molar refractivity (Wildman–Crippen MR) is 133 cm³/mol. The molecule has 2 atom stereocenters. The first-order chi connectivity index (χ1) is 17.0. The zero-order valence-electron chi connectivity index (χ0n) is 20.0. The Morgan fingerprint density at radius 2 is 1.94 bits per heavy atom. The number of methoxy groups -OCH3 is 1. The number of hydrogen-bond acceptors (Lipinski definition) is 6. The molecule has 5 rings (SSSR count). The van der Waals surface area contributed by atoms with E-state index in [9.17, 15) is 14.4 Å². The van der Waals surface area contributed by atoms with Gasteiger partial charge in [-0.3, -0.25) is 14.4 Å². The van der Waals surface area contributed by atoms with Crippen LogP contribution in [0.15, 0.2) is 41.8 Å². The van der Waals surface area contributed by atoms with Crippen molar-refractivity contribution in [3.05, 3.63) is 52.2 Å². The summed E-state index contributed by atoms with van der Waals surface area (Å²) in [5, 5.41) is 5.29. The molecular formula is C26H32N4O4S. The minimum absolute atomic E-state index is 0.0276. The number of rotatable bonds is 7. The molecule has 3 aliphatic rings. The summed E-state index contributed by atoms with van der Waals surface area (Å²) in [7, 11) is 1.57. The van der Waals surface area contributed by atoms with E-state index >= 15 is 0 Å². The minimum atomic E-state index is -0.588. The van der Waals surface area contributed by atoms with Gasteiger partial charge in [0.25, 0.3) is 5.91 Å². The monoisotopic (exact) mass is 496 g/mol. The maximum atomic E-state index is 13.7. The molecule has 8 nitrogen and oxygen atoms in total. The molecule has 186 valence electrons. The van der Waals surface area contributed by atoms with Gasteiger partial charge in [-0.15, -0.1) is 11.3 Å². The van der Waals surface area contributed by atoms with Crippen molar-refractivity contribution in [1.82, 2.24) is 20.0 Å². The highest BCUT2D eigenvalue weighted by atomic mass is 32.1. The van der Waals surface area contributed by atoms with Gasteiger partial charge in [-0.2, -0.15) is 0 Å². The topological polar surface area (TPSA) is 82.2 Å². The number of hydrogen-bond donors (Lipinski definition) is 1. The van der Waals surface area contributed by atoms with E-state index in [2.05, 4.69) is 5.32 Å². The molecule has 35 heavy (non-hydrogen) atoms. The number of benzene rings is 1. The number of nitrogens with one attached hydrogen (secondary N) is 1. The highest BCUT2D eigenvalue weighted by molar-refractivity contribution is 7.09. The van der Waals surface area contributed by atoms with Crippen molar-refractivity contribution in [1.29, 1.82) is 0 Å². The molecule has 1 N–H and O–H groups in total. The number of ether oxygens (including phenoxy) is 1. The molecule has 0 radical (unpaired) electrons. The summed E-state index contributed by atoms with van der Waals surface area (Å²) in [6.45, 7) is 3.62. The first-order valence-electron chi connectivity index (χ1n) is 12.3. The van der Waals surface area contributed by atoms with Crippen LogP contribution >= 0.6 is 11.3 Å². The van der Waals surface area contributed by atoms with E-state index in [0.29, 0.717) is 43.9 Å². The van der Waals surface area contributed by atoms with Gasteiger partial charge in [0.2, 0.25) is 11.8 Å². The molecule has 9 heteroatoms. The van der Waals surface area contributed by atoms with Crippen molar-refractivity contribution in [2.45, 2.75) is 37.9 Å². The van der Waals surface area contributed by atoms with Crippen molar-refractivity contribution >= 4 is 29.1 Å². The number of nitrogens with zero attached hydrogens (tertiary/aromatic N) is 3. The summed E-state index contributed by atoms with van der Waals surface area (Å²) < 4.78 is 5.32. The zero-order chi connectivity index (χ0) is 24.4. The number of carbonyl (C=O) groups excluding carboxylic acids is 3. The minimum Gasteiger partial charge on any atom is -0.497 e. The normalized spacial score (nSPS) is 22.2. The maximum absolute atomic E-state index is 13.7. The Hall–Kier alpha value is -2.91. The van der Waals surface area contributed by atoms with Crippen LogP contribution in [0.1, 0.15) is 34.5 Å². The fourth-order valence-corrected chi connectivity index (χ4v) is 5.74. The van der Waals surface area contributed by atoms with Crippen LogP contribution < -0.4 is 10.1 Å². The third-order valence-electron chi connectivity index (χ3n) is 7.13. The van der Waals surface area contributed by atoms with Gasteiger partial charge in [-0.1, -0.05) is 12.1 Å². The van der Waals surface area contributed by atoms with Gasteiger partial charge < -0.3 is 24.8 Å². The van der Waals surface area contributed by atoms with E-state index in [1.54, 1.807) is 47.6 Å². The summed E-state index contributed by atoms with van der Waals surface area (Å²) in [5.74, 6) is 0.586. The summed E-state index contributed by atoms with van der Waals surface area (Å²) in [6.07, 6.45) is 2.30. The second kappa shape index (κ2) is 10.4. The molecular weight excluding hydrogens is 464 g/mol. The first kappa shape index (κ1) is 23.8. The van der Waals surface area contributed by atoms with Crippen LogP contribution in [0.3, 0.4) is 0 Å². The molecule has 2 aromatic rings. The quantitative estimate of drug-likeness (QED) is 0.636. The Labute approximate surface area is 209 Å². The van der Waals surface area contributed by atoms with Crippen molar-refractivity contribution < 1.29 is 19.1 Å². The lowest BCUT2D eigenvalue weighted by Gasteiger charge is -2.32. The molecule has 1 aromatic carbocycles. The van der Waals surface area contributed by atoms with Crippen LogP contribution in [-0.4, -0.2) is 84.3 Å². The average molecular weight is 497 g/mol. The van der Waals surface area contributed by atoms with Gasteiger partial charge >= 0.3 is 0 Å². The average Bonchev–Trinajstić information content (AvgIpc) is 3.45. The fourth-order valence-electron chi connectivity index (χ4n) is 5.04. The molecule has 3 heterocycles. The van der Waals surface area contributed by atoms with Crippen molar-refractivity contribution in [3.63, 3.8) is 0 Å². The van der Waals surface area contributed by atoms with Crippen molar-refractivity contribution in [2.75, 3.05) is 39.8 Å². The lowest BCUT2D eigenvalue weighted by atomic mass is 10.1. The van der Waals surface area contributed by atoms with Crippen LogP contribution in [0.2, 0.25) is 0 Å². The van der Waals surface area contributed by atoms with Crippen LogP contribution in [0.4, 0.5) is 0 Å². The number of carbonyl (C=O) groups is 3. The van der Waals surface area contributed by atoms with E-state index in [1.165, 1.54) is 0 Å². The molecule has 2 saturated heterocycles. The van der Waals surface area contributed by atoms with Crippen LogP contribution in [0, 0.1) is 5.92 Å². The number of piperazine rings is 1. The zero-order valence-corrected chi connectivity index (χ0v) is 20.8. The van der Waals surface area contributed by atoms with E-state index in [0.717, 1.165) is 30.8 Å². The Morgan fingerprint density at radius 1 is 1.14 bits per heavy atom. The number of thiophene rings is 1. The number of likely N-dealkylation sites (tertiary alicyclic amines) is 1. The summed E-state index contributed by atoms with van der Waals surface area (Å²) in [6, 6.07) is 10.3. The van der Waals surface area contributed by atoms with Gasteiger partial charge in [-0.05, 0) is 48.9 Å². The van der Waals surface area contributed by atoms with Crippen LogP contribution in [-0.2, 0) is 16.1 Å². The highest BCUT2D eigenvalue weighted by Crippen LogP contribution is 2.35. The molecule has 0 bridgehead atoms. The van der Waals surface area contributed by atoms with Crippen molar-refractivity contribution in [3.8, 4) is 5.75 Å². The Morgan fingerprint density at radius 3 is 2.63 bits per heavy atom. The summed E-state index contributed by atoms with van der Waals surface area (Å²) in [4.78, 5) is 47.3. The lowest BCUT2D eigenvalue weighted by molar-refractivity contribution is -0.137. The molecule has 1 aromatic heterocycles. The fraction of sp³-hybridized carbons (Fsp3) is 0.500. The molecule has 0 spiro atoms. The smallest absolute Gasteiger partial charge is 0.254 e. The van der Waals surface area contributed by atoms with Gasteiger partial charge in [0.05, 0.1) is 19.7 Å². The Kier molecular flexibility index (Phi) is 7.06. The maximum Gasteiger partial charge on any atom is 0.254 e. The molecule has 2 unspecified atom stereocenters. The Balaban J connectivity index is 1.43. The Bertz CT molecular complexity index is 1070. The SMILES string of the molecule is COc1cccc(C(=O)N2CC(N(Cc3cccs3)C(=O)C3CC3)CC2C(=O)N2CCNCC2)c1. The van der Waals surface area contributed by atoms with Crippen LogP contribution in [0.5, 0.6) is 5.75 Å². The standard InChI is InChI=1S/C26H32N4O4S/c1-34-21-5-2-4-19(14-21)25(32)30-16-20(15-23(30)26(33)28-11-9-27-10-12-28)29(24(31)18-7-8-18)17-22-6-3-13-35-22/h2-6,13-14,18,20,23,27H,7-12,15-17H2,1H3. The predicted octanol–water partition coefficient (Wildman–Crippen LogP) is 2.21. The molecule has 1 aliphatic carbocycles. The van der Waals surface area contributed by atoms with Crippen molar-refractivity contribution in [2.24, 2.45) is 5.92 Å². The lowest BCUT2D eigenvalue weighted by Crippen LogP contribution is -2.53. The summed E-state index contributed by atoms with van der Waals surface area (Å²) in [5.41, 5.74) is 0.487. The van der Waals surface area contributed by atoms with E-state index < -0.39 is 6.04 Å². The van der Waals surface area contributed by atoms with E-state index in [-0.39, 0.29) is 29.7 Å². The second-order valence-corrected chi connectivity index (χ2v) is 10.5. The summed E-state index contributed by atoms with van der Waals surface area (Å²) >= 11 is 1.63. The van der Waals surface area contributed by atoms with E-state index in [1.807, 2.05) is 27.3 Å². The molecule has 2 aliphatic heterocycles. The third-order valence-corrected chi connectivity index (χ3v) is 7.99. The van der Waals surface area contributed by atoms with Gasteiger partial charge in [0.15, 0.2) is 0 Å².